The maximum atomic E-state index is 12.9. The Morgan fingerprint density at radius 1 is 1.28 bits per heavy atom. The molecule has 8 nitrogen and oxygen atoms in total. The lowest BCUT2D eigenvalue weighted by Crippen LogP contribution is -2.44. The molecule has 1 aliphatic carbocycles. The van der Waals surface area contributed by atoms with Gasteiger partial charge in [0.25, 0.3) is 5.89 Å². The largest absolute Gasteiger partial charge is 0.379 e. The van der Waals surface area contributed by atoms with Gasteiger partial charge in [-0.25, -0.2) is 8.42 Å². The van der Waals surface area contributed by atoms with Crippen LogP contribution in [-0.4, -0.2) is 49.2 Å². The van der Waals surface area contributed by atoms with Crippen LogP contribution in [0.3, 0.4) is 0 Å². The summed E-state index contributed by atoms with van der Waals surface area (Å²) in [5.74, 6) is 0.662. The molecule has 1 saturated carbocycles. The van der Waals surface area contributed by atoms with Crippen molar-refractivity contribution in [3.63, 3.8) is 0 Å². The Bertz CT molecular complexity index is 841. The molecule has 2 aromatic rings. The number of halogens is 1. The number of sulfonamides is 1. The minimum absolute atomic E-state index is 0. The van der Waals surface area contributed by atoms with E-state index < -0.39 is 15.6 Å². The number of ether oxygens (including phenoxy) is 1. The fourth-order valence-corrected chi connectivity index (χ4v) is 5.61. The van der Waals surface area contributed by atoms with Crippen LogP contribution in [0.2, 0.25) is 0 Å². The third-order valence-electron chi connectivity index (χ3n) is 4.53. The first kappa shape index (κ1) is 18.7. The second-order valence-corrected chi connectivity index (χ2v) is 8.89. The van der Waals surface area contributed by atoms with E-state index in [0.29, 0.717) is 37.0 Å². The Morgan fingerprint density at radius 3 is 2.64 bits per heavy atom. The molecule has 1 saturated heterocycles. The average molecular weight is 407 g/mol. The van der Waals surface area contributed by atoms with Crippen molar-refractivity contribution < 1.29 is 17.7 Å². The third-order valence-corrected chi connectivity index (χ3v) is 7.50. The van der Waals surface area contributed by atoms with Crippen LogP contribution in [0.4, 0.5) is 0 Å². The molecule has 0 spiro atoms. The summed E-state index contributed by atoms with van der Waals surface area (Å²) >= 11 is 1.27. The van der Waals surface area contributed by atoms with Gasteiger partial charge in [0.1, 0.15) is 9.77 Å². The van der Waals surface area contributed by atoms with Crippen LogP contribution in [0.1, 0.15) is 25.1 Å². The molecule has 0 radical (unpaired) electrons. The summed E-state index contributed by atoms with van der Waals surface area (Å²) in [7, 11) is -3.61. The maximum Gasteiger partial charge on any atom is 0.269 e. The zero-order chi connectivity index (χ0) is 16.8. The summed E-state index contributed by atoms with van der Waals surface area (Å²) in [6.45, 7) is 1.50. The number of morpholine rings is 1. The summed E-state index contributed by atoms with van der Waals surface area (Å²) in [6.07, 6.45) is 2.67. The molecule has 2 fully saturated rings. The van der Waals surface area contributed by atoms with E-state index in [4.69, 9.17) is 15.0 Å². The van der Waals surface area contributed by atoms with Gasteiger partial charge in [0.15, 0.2) is 5.82 Å². The van der Waals surface area contributed by atoms with Crippen LogP contribution in [0, 0.1) is 0 Å². The molecule has 0 aromatic carbocycles. The molecule has 138 valence electrons. The van der Waals surface area contributed by atoms with Crippen LogP contribution in [0.25, 0.3) is 10.8 Å². The molecular weight excluding hydrogens is 388 g/mol. The molecule has 1 aliphatic heterocycles. The van der Waals surface area contributed by atoms with E-state index in [1.807, 2.05) is 0 Å². The number of nitrogens with two attached hydrogens (primary N) is 1. The number of rotatable bonds is 4. The van der Waals surface area contributed by atoms with E-state index in [1.165, 1.54) is 15.6 Å². The van der Waals surface area contributed by atoms with Gasteiger partial charge >= 0.3 is 0 Å². The first-order chi connectivity index (χ1) is 11.5. The smallest absolute Gasteiger partial charge is 0.269 e. The highest BCUT2D eigenvalue weighted by atomic mass is 35.5. The van der Waals surface area contributed by atoms with Gasteiger partial charge in [-0.1, -0.05) is 5.16 Å². The van der Waals surface area contributed by atoms with Crippen LogP contribution >= 0.6 is 23.7 Å². The first-order valence-corrected chi connectivity index (χ1v) is 10.1. The zero-order valence-electron chi connectivity index (χ0n) is 13.4. The highest BCUT2D eigenvalue weighted by Crippen LogP contribution is 2.39. The number of thiophene rings is 1. The summed E-state index contributed by atoms with van der Waals surface area (Å²) in [5.41, 5.74) is 5.67. The number of hydrogen-bond acceptors (Lipinski definition) is 8. The quantitative estimate of drug-likeness (QED) is 0.820. The Kier molecular flexibility index (Phi) is 5.20. The highest BCUT2D eigenvalue weighted by Gasteiger charge is 2.40. The molecular formula is C14H19ClN4O4S2. The molecule has 2 N–H and O–H groups in total. The molecule has 2 aromatic heterocycles. The van der Waals surface area contributed by atoms with Crippen molar-refractivity contribution in [2.45, 2.75) is 29.7 Å². The van der Waals surface area contributed by atoms with Gasteiger partial charge in [0.05, 0.1) is 18.8 Å². The lowest BCUT2D eigenvalue weighted by molar-refractivity contribution is 0.0730. The predicted molar refractivity (Wildman–Crippen MR) is 94.2 cm³/mol. The van der Waals surface area contributed by atoms with Crippen molar-refractivity contribution in [2.75, 3.05) is 26.3 Å². The van der Waals surface area contributed by atoms with Gasteiger partial charge < -0.3 is 15.0 Å². The van der Waals surface area contributed by atoms with Crippen molar-refractivity contribution in [1.29, 1.82) is 0 Å². The average Bonchev–Trinajstić information content (AvgIpc) is 3.22. The molecule has 2 aliphatic rings. The lowest BCUT2D eigenvalue weighted by atomic mass is 9.77. The summed E-state index contributed by atoms with van der Waals surface area (Å²) in [6, 6.07) is 1.58. The molecule has 11 heteroatoms. The van der Waals surface area contributed by atoms with Gasteiger partial charge in [-0.2, -0.15) is 9.29 Å². The van der Waals surface area contributed by atoms with Crippen molar-refractivity contribution in [1.82, 2.24) is 14.4 Å². The monoisotopic (exact) mass is 406 g/mol. The van der Waals surface area contributed by atoms with Gasteiger partial charge in [0, 0.05) is 13.1 Å². The SMILES string of the molecule is Cl.NC1(c2noc(-c3sccc3S(=O)(=O)N3CCOCC3)n2)CCC1. The Hall–Kier alpha value is -1.04. The summed E-state index contributed by atoms with van der Waals surface area (Å²) in [5, 5.41) is 5.69. The van der Waals surface area contributed by atoms with Crippen molar-refractivity contribution in [2.24, 2.45) is 5.73 Å². The van der Waals surface area contributed by atoms with Crippen molar-refractivity contribution >= 4 is 33.8 Å². The van der Waals surface area contributed by atoms with Crippen LogP contribution in [-0.2, 0) is 20.3 Å². The van der Waals surface area contributed by atoms with Crippen molar-refractivity contribution in [3.05, 3.63) is 17.3 Å². The Labute approximate surface area is 155 Å². The first-order valence-electron chi connectivity index (χ1n) is 7.79. The number of aromatic nitrogens is 2. The van der Waals surface area contributed by atoms with E-state index in [0.717, 1.165) is 19.3 Å². The van der Waals surface area contributed by atoms with Gasteiger partial charge in [-0.15, -0.1) is 23.7 Å². The van der Waals surface area contributed by atoms with E-state index >= 15 is 0 Å². The van der Waals surface area contributed by atoms with Crippen LogP contribution in [0.15, 0.2) is 20.9 Å². The minimum Gasteiger partial charge on any atom is -0.379 e. The van der Waals surface area contributed by atoms with E-state index in [-0.39, 0.29) is 23.2 Å². The zero-order valence-corrected chi connectivity index (χ0v) is 15.8. The van der Waals surface area contributed by atoms with Crippen LogP contribution < -0.4 is 5.73 Å². The second kappa shape index (κ2) is 6.93. The Morgan fingerprint density at radius 2 is 2.00 bits per heavy atom. The summed E-state index contributed by atoms with van der Waals surface area (Å²) in [4.78, 5) is 5.03. The minimum atomic E-state index is -3.61. The number of hydrogen-bond donors (Lipinski definition) is 1. The molecule has 0 atom stereocenters. The van der Waals surface area contributed by atoms with E-state index in [9.17, 15) is 8.42 Å². The fraction of sp³-hybridized carbons (Fsp3) is 0.571. The van der Waals surface area contributed by atoms with Gasteiger partial charge in [0.2, 0.25) is 10.0 Å². The van der Waals surface area contributed by atoms with Crippen molar-refractivity contribution in [3.8, 4) is 10.8 Å². The Balaban J connectivity index is 0.00000182. The second-order valence-electron chi connectivity index (χ2n) is 6.06. The molecule has 3 heterocycles. The predicted octanol–water partition coefficient (Wildman–Crippen LogP) is 1.58. The molecule has 0 unspecified atom stereocenters. The van der Waals surface area contributed by atoms with Gasteiger partial charge in [-0.05, 0) is 30.7 Å². The number of nitrogens with zero attached hydrogens (tertiary/aromatic N) is 3. The maximum absolute atomic E-state index is 12.9. The topological polar surface area (TPSA) is 112 Å². The standard InChI is InChI=1S/C14H18N4O4S2.ClH/c15-14(3-1-4-14)13-16-12(22-17-13)11-10(2-9-23-11)24(19,20)18-5-7-21-8-6-18;/h2,9H,1,3-8,15H2;1H. The highest BCUT2D eigenvalue weighted by molar-refractivity contribution is 7.89. The van der Waals surface area contributed by atoms with E-state index in [1.54, 1.807) is 11.4 Å². The summed E-state index contributed by atoms with van der Waals surface area (Å²) < 4.78 is 37.7. The normalized spacial score (nSPS) is 20.7. The molecule has 0 amide bonds. The fourth-order valence-electron chi connectivity index (χ4n) is 2.88. The van der Waals surface area contributed by atoms with E-state index in [2.05, 4.69) is 10.1 Å². The molecule has 4 rings (SSSR count). The molecule has 0 bridgehead atoms. The lowest BCUT2D eigenvalue weighted by Gasteiger charge is -2.34. The third kappa shape index (κ3) is 3.22. The van der Waals surface area contributed by atoms with Crippen LogP contribution in [0.5, 0.6) is 0 Å². The van der Waals surface area contributed by atoms with Gasteiger partial charge in [-0.3, -0.25) is 0 Å². The molecule has 25 heavy (non-hydrogen) atoms.